The van der Waals surface area contributed by atoms with Crippen molar-refractivity contribution in [2.45, 2.75) is 6.61 Å². The van der Waals surface area contributed by atoms with Gasteiger partial charge in [-0.1, -0.05) is 18.2 Å². The summed E-state index contributed by atoms with van der Waals surface area (Å²) in [5.74, 6) is 0. The molecular formula is C11H9NO3. The summed E-state index contributed by atoms with van der Waals surface area (Å²) in [5.41, 5.74) is 0.847. The Bertz CT molecular complexity index is 522. The number of nitrogens with zero attached hydrogens (tertiary/aromatic N) is 1. The molecule has 76 valence electrons. The van der Waals surface area contributed by atoms with Gasteiger partial charge in [0.15, 0.2) is 0 Å². The number of benzene rings is 2. The Morgan fingerprint density at radius 2 is 2.07 bits per heavy atom. The molecule has 0 aliphatic rings. The molecule has 2 aromatic carbocycles. The average Bonchev–Trinajstić information content (AvgIpc) is 2.27. The van der Waals surface area contributed by atoms with Gasteiger partial charge in [0, 0.05) is 6.07 Å². The SMILES string of the molecule is O=[N+]([O-])c1cccc2cc(CO)ccc12. The molecule has 0 amide bonds. The van der Waals surface area contributed by atoms with Crippen LogP contribution in [-0.4, -0.2) is 10.0 Å². The van der Waals surface area contributed by atoms with Crippen molar-refractivity contribution in [3.63, 3.8) is 0 Å². The summed E-state index contributed by atoms with van der Waals surface area (Å²) in [6.07, 6.45) is 0. The zero-order valence-electron chi connectivity index (χ0n) is 7.88. The molecule has 0 unspecified atom stereocenters. The number of hydrogen-bond acceptors (Lipinski definition) is 3. The van der Waals surface area contributed by atoms with Crippen molar-refractivity contribution in [3.05, 3.63) is 52.1 Å². The minimum Gasteiger partial charge on any atom is -0.392 e. The zero-order chi connectivity index (χ0) is 10.8. The molecule has 0 aliphatic heterocycles. The predicted molar refractivity (Wildman–Crippen MR) is 56.5 cm³/mol. The largest absolute Gasteiger partial charge is 0.392 e. The van der Waals surface area contributed by atoms with Gasteiger partial charge in [-0.3, -0.25) is 10.1 Å². The molecule has 2 aromatic rings. The third-order valence-electron chi connectivity index (χ3n) is 2.30. The average molecular weight is 203 g/mol. The quantitative estimate of drug-likeness (QED) is 0.601. The molecule has 4 nitrogen and oxygen atoms in total. The van der Waals surface area contributed by atoms with E-state index in [0.29, 0.717) is 5.39 Å². The molecule has 15 heavy (non-hydrogen) atoms. The molecule has 0 saturated heterocycles. The van der Waals surface area contributed by atoms with Crippen LogP contribution in [0.1, 0.15) is 5.56 Å². The molecule has 0 aromatic heterocycles. The van der Waals surface area contributed by atoms with Crippen LogP contribution in [0.15, 0.2) is 36.4 Å². The lowest BCUT2D eigenvalue weighted by Gasteiger charge is -2.01. The van der Waals surface area contributed by atoms with Gasteiger partial charge in [0.2, 0.25) is 0 Å². The van der Waals surface area contributed by atoms with Crippen LogP contribution in [0.2, 0.25) is 0 Å². The van der Waals surface area contributed by atoms with E-state index in [2.05, 4.69) is 0 Å². The highest BCUT2D eigenvalue weighted by atomic mass is 16.6. The highest BCUT2D eigenvalue weighted by Crippen LogP contribution is 2.25. The predicted octanol–water partition coefficient (Wildman–Crippen LogP) is 2.24. The third kappa shape index (κ3) is 1.67. The Kier molecular flexibility index (Phi) is 2.35. The Labute approximate surface area is 85.9 Å². The number of aliphatic hydroxyl groups excluding tert-OH is 1. The van der Waals surface area contributed by atoms with E-state index in [4.69, 9.17) is 5.11 Å². The van der Waals surface area contributed by atoms with Gasteiger partial charge in [-0.05, 0) is 23.1 Å². The van der Waals surface area contributed by atoms with Crippen molar-refractivity contribution in [3.8, 4) is 0 Å². The fraction of sp³-hybridized carbons (Fsp3) is 0.0909. The Hall–Kier alpha value is -1.94. The topological polar surface area (TPSA) is 63.4 Å². The molecule has 0 bridgehead atoms. The van der Waals surface area contributed by atoms with E-state index in [9.17, 15) is 10.1 Å². The number of nitro groups is 1. The second-order valence-corrected chi connectivity index (χ2v) is 3.25. The van der Waals surface area contributed by atoms with E-state index in [-0.39, 0.29) is 12.3 Å². The molecule has 0 spiro atoms. The molecular weight excluding hydrogens is 194 g/mol. The number of hydrogen-bond donors (Lipinski definition) is 1. The highest BCUT2D eigenvalue weighted by molar-refractivity contribution is 5.91. The van der Waals surface area contributed by atoms with Crippen molar-refractivity contribution >= 4 is 16.5 Å². The molecule has 0 fully saturated rings. The van der Waals surface area contributed by atoms with Crippen molar-refractivity contribution in [2.75, 3.05) is 0 Å². The smallest absolute Gasteiger partial charge is 0.277 e. The molecule has 0 aliphatic carbocycles. The highest BCUT2D eigenvalue weighted by Gasteiger charge is 2.10. The standard InChI is InChI=1S/C11H9NO3/c13-7-8-4-5-10-9(6-8)2-1-3-11(10)12(14)15/h1-6,13H,7H2. The van der Waals surface area contributed by atoms with E-state index < -0.39 is 4.92 Å². The summed E-state index contributed by atoms with van der Waals surface area (Å²) in [5, 5.41) is 21.0. The Morgan fingerprint density at radius 1 is 1.27 bits per heavy atom. The van der Waals surface area contributed by atoms with Crippen LogP contribution in [-0.2, 0) is 6.61 Å². The maximum absolute atomic E-state index is 10.7. The lowest BCUT2D eigenvalue weighted by Crippen LogP contribution is -1.90. The molecule has 0 saturated carbocycles. The second-order valence-electron chi connectivity index (χ2n) is 3.25. The number of non-ortho nitro benzene ring substituents is 1. The summed E-state index contributed by atoms with van der Waals surface area (Å²) >= 11 is 0. The first kappa shape index (κ1) is 9.61. The molecule has 4 heteroatoms. The molecule has 2 rings (SSSR count). The van der Waals surface area contributed by atoms with E-state index in [1.165, 1.54) is 6.07 Å². The minimum absolute atomic E-state index is 0.0569. The van der Waals surface area contributed by atoms with Crippen molar-refractivity contribution < 1.29 is 10.0 Å². The first-order valence-corrected chi connectivity index (χ1v) is 4.49. The number of rotatable bonds is 2. The second kappa shape index (κ2) is 3.67. The maximum Gasteiger partial charge on any atom is 0.277 e. The van der Waals surface area contributed by atoms with Gasteiger partial charge in [-0.25, -0.2) is 0 Å². The van der Waals surface area contributed by atoms with E-state index in [0.717, 1.165) is 10.9 Å². The van der Waals surface area contributed by atoms with Gasteiger partial charge in [0.25, 0.3) is 5.69 Å². The van der Waals surface area contributed by atoms with Crippen LogP contribution in [0.4, 0.5) is 5.69 Å². The molecule has 0 heterocycles. The fourth-order valence-corrected chi connectivity index (χ4v) is 1.57. The lowest BCUT2D eigenvalue weighted by atomic mass is 10.1. The van der Waals surface area contributed by atoms with Gasteiger partial charge in [0.05, 0.1) is 16.9 Å². The summed E-state index contributed by atoms with van der Waals surface area (Å²) in [7, 11) is 0. The third-order valence-corrected chi connectivity index (χ3v) is 2.30. The summed E-state index contributed by atoms with van der Waals surface area (Å²) in [6.45, 7) is -0.0569. The van der Waals surface area contributed by atoms with Gasteiger partial charge in [0.1, 0.15) is 0 Å². The number of aliphatic hydroxyl groups is 1. The van der Waals surface area contributed by atoms with E-state index in [1.807, 2.05) is 0 Å². The Balaban J connectivity index is 2.72. The van der Waals surface area contributed by atoms with Gasteiger partial charge < -0.3 is 5.11 Å². The molecule has 0 radical (unpaired) electrons. The molecule has 1 N–H and O–H groups in total. The minimum atomic E-state index is -0.402. The van der Waals surface area contributed by atoms with Crippen LogP contribution < -0.4 is 0 Å². The van der Waals surface area contributed by atoms with Gasteiger partial charge in [-0.2, -0.15) is 0 Å². The van der Waals surface area contributed by atoms with Crippen LogP contribution in [0.5, 0.6) is 0 Å². The van der Waals surface area contributed by atoms with Crippen LogP contribution >= 0.6 is 0 Å². The van der Waals surface area contributed by atoms with Crippen LogP contribution in [0.25, 0.3) is 10.8 Å². The fourth-order valence-electron chi connectivity index (χ4n) is 1.57. The molecule has 0 atom stereocenters. The summed E-state index contributed by atoms with van der Waals surface area (Å²) in [4.78, 5) is 10.3. The lowest BCUT2D eigenvalue weighted by molar-refractivity contribution is -0.383. The van der Waals surface area contributed by atoms with E-state index in [1.54, 1.807) is 30.3 Å². The summed E-state index contributed by atoms with van der Waals surface area (Å²) < 4.78 is 0. The first-order valence-electron chi connectivity index (χ1n) is 4.49. The van der Waals surface area contributed by atoms with Crippen LogP contribution in [0.3, 0.4) is 0 Å². The van der Waals surface area contributed by atoms with Crippen molar-refractivity contribution in [1.82, 2.24) is 0 Å². The van der Waals surface area contributed by atoms with Crippen LogP contribution in [0, 0.1) is 10.1 Å². The van der Waals surface area contributed by atoms with Crippen molar-refractivity contribution in [1.29, 1.82) is 0 Å². The number of fused-ring (bicyclic) bond motifs is 1. The zero-order valence-corrected chi connectivity index (χ0v) is 7.88. The van der Waals surface area contributed by atoms with Gasteiger partial charge in [-0.15, -0.1) is 0 Å². The van der Waals surface area contributed by atoms with Gasteiger partial charge >= 0.3 is 0 Å². The summed E-state index contributed by atoms with van der Waals surface area (Å²) in [6, 6.07) is 10.0. The normalized spacial score (nSPS) is 10.5. The Morgan fingerprint density at radius 3 is 2.73 bits per heavy atom. The monoisotopic (exact) mass is 203 g/mol. The van der Waals surface area contributed by atoms with E-state index >= 15 is 0 Å². The maximum atomic E-state index is 10.7. The van der Waals surface area contributed by atoms with Crippen molar-refractivity contribution in [2.24, 2.45) is 0 Å². The first-order chi connectivity index (χ1) is 7.22. The number of nitro benzene ring substituents is 1.